The summed E-state index contributed by atoms with van der Waals surface area (Å²) in [7, 11) is 0. The maximum absolute atomic E-state index is 12.5. The molecule has 0 N–H and O–H groups in total. The Bertz CT molecular complexity index is 636. The Kier molecular flexibility index (Phi) is 2.96. The number of rotatable bonds is 2. The first kappa shape index (κ1) is 12.1. The quantitative estimate of drug-likeness (QED) is 0.764. The third kappa shape index (κ3) is 2.32. The summed E-state index contributed by atoms with van der Waals surface area (Å²) >= 11 is 0. The van der Waals surface area contributed by atoms with Crippen molar-refractivity contribution >= 4 is 5.78 Å². The van der Waals surface area contributed by atoms with Crippen molar-refractivity contribution in [1.82, 2.24) is 0 Å². The van der Waals surface area contributed by atoms with Crippen LogP contribution in [0.2, 0.25) is 0 Å². The number of ether oxygens (including phenoxy) is 1. The molecule has 1 aliphatic heterocycles. The van der Waals surface area contributed by atoms with Crippen molar-refractivity contribution in [2.75, 3.05) is 0 Å². The first-order valence-corrected chi connectivity index (χ1v) is 6.46. The minimum absolute atomic E-state index is 0.0847. The van der Waals surface area contributed by atoms with Crippen molar-refractivity contribution in [3.63, 3.8) is 0 Å². The van der Waals surface area contributed by atoms with E-state index in [1.807, 2.05) is 44.2 Å². The van der Waals surface area contributed by atoms with Crippen molar-refractivity contribution in [3.05, 3.63) is 69.8 Å². The lowest BCUT2D eigenvalue weighted by molar-refractivity contribution is 0.103. The van der Waals surface area contributed by atoms with Crippen molar-refractivity contribution in [2.24, 2.45) is 0 Å². The molecule has 19 heavy (non-hydrogen) atoms. The van der Waals surface area contributed by atoms with Gasteiger partial charge in [-0.3, -0.25) is 4.79 Å². The van der Waals surface area contributed by atoms with E-state index >= 15 is 0 Å². The van der Waals surface area contributed by atoms with Crippen LogP contribution < -0.4 is 0 Å². The molecular formula is C17H16O2. The van der Waals surface area contributed by atoms with Gasteiger partial charge in [-0.25, -0.2) is 0 Å². The minimum Gasteiger partial charge on any atom is -0.372 e. The number of benzene rings is 2. The van der Waals surface area contributed by atoms with Crippen LogP contribution in [-0.4, -0.2) is 5.78 Å². The van der Waals surface area contributed by atoms with Gasteiger partial charge in [0.15, 0.2) is 5.78 Å². The summed E-state index contributed by atoms with van der Waals surface area (Å²) in [5.41, 5.74) is 6.07. The van der Waals surface area contributed by atoms with E-state index in [9.17, 15) is 4.79 Å². The fourth-order valence-corrected chi connectivity index (χ4v) is 2.59. The summed E-state index contributed by atoms with van der Waals surface area (Å²) in [4.78, 5) is 12.5. The Morgan fingerprint density at radius 3 is 2.32 bits per heavy atom. The largest absolute Gasteiger partial charge is 0.372 e. The summed E-state index contributed by atoms with van der Waals surface area (Å²) < 4.78 is 5.38. The Balaban J connectivity index is 1.99. The van der Waals surface area contributed by atoms with E-state index < -0.39 is 0 Å². The molecule has 2 aromatic carbocycles. The third-order valence-electron chi connectivity index (χ3n) is 3.47. The molecule has 3 rings (SSSR count). The van der Waals surface area contributed by atoms with E-state index in [0.29, 0.717) is 13.2 Å². The predicted octanol–water partition coefficient (Wildman–Crippen LogP) is 3.56. The lowest BCUT2D eigenvalue weighted by Crippen LogP contribution is -2.03. The van der Waals surface area contributed by atoms with Crippen LogP contribution in [0.1, 0.15) is 38.2 Å². The van der Waals surface area contributed by atoms with Gasteiger partial charge in [0.2, 0.25) is 0 Å². The zero-order valence-corrected chi connectivity index (χ0v) is 11.2. The Morgan fingerprint density at radius 2 is 1.58 bits per heavy atom. The Labute approximate surface area is 113 Å². The second-order valence-electron chi connectivity index (χ2n) is 5.18. The molecule has 2 aromatic rings. The molecule has 0 spiro atoms. The van der Waals surface area contributed by atoms with E-state index in [0.717, 1.165) is 27.8 Å². The molecule has 2 nitrogen and oxygen atoms in total. The summed E-state index contributed by atoms with van der Waals surface area (Å²) in [5.74, 6) is 0.0847. The van der Waals surface area contributed by atoms with E-state index in [-0.39, 0.29) is 5.78 Å². The fraction of sp³-hybridized carbons (Fsp3) is 0.235. The number of aryl methyl sites for hydroxylation is 2. The molecule has 0 aliphatic carbocycles. The SMILES string of the molecule is Cc1cc(C)cc(C(=O)c2ccc3c(c2)COC3)c1. The van der Waals surface area contributed by atoms with Crippen molar-refractivity contribution < 1.29 is 9.53 Å². The summed E-state index contributed by atoms with van der Waals surface area (Å²) in [6.07, 6.45) is 0. The Hall–Kier alpha value is -1.93. The molecule has 0 aromatic heterocycles. The van der Waals surface area contributed by atoms with Crippen LogP contribution in [0.5, 0.6) is 0 Å². The molecule has 0 atom stereocenters. The van der Waals surface area contributed by atoms with E-state index in [1.165, 1.54) is 5.56 Å². The average molecular weight is 252 g/mol. The second kappa shape index (κ2) is 4.63. The minimum atomic E-state index is 0.0847. The van der Waals surface area contributed by atoms with E-state index in [2.05, 4.69) is 6.07 Å². The predicted molar refractivity (Wildman–Crippen MR) is 74.3 cm³/mol. The van der Waals surface area contributed by atoms with E-state index in [4.69, 9.17) is 4.74 Å². The zero-order valence-electron chi connectivity index (χ0n) is 11.2. The van der Waals surface area contributed by atoms with Crippen LogP contribution in [-0.2, 0) is 18.0 Å². The van der Waals surface area contributed by atoms with Crippen molar-refractivity contribution in [1.29, 1.82) is 0 Å². The second-order valence-corrected chi connectivity index (χ2v) is 5.18. The van der Waals surface area contributed by atoms with Gasteiger partial charge in [-0.05, 0) is 43.2 Å². The van der Waals surface area contributed by atoms with Gasteiger partial charge in [0.1, 0.15) is 0 Å². The van der Waals surface area contributed by atoms with Crippen LogP contribution in [0.25, 0.3) is 0 Å². The molecule has 0 radical (unpaired) electrons. The molecule has 2 heteroatoms. The molecule has 0 unspecified atom stereocenters. The molecule has 1 aliphatic rings. The first-order chi connectivity index (χ1) is 9.13. The number of ketones is 1. The van der Waals surface area contributed by atoms with Gasteiger partial charge < -0.3 is 4.74 Å². The molecule has 0 saturated heterocycles. The maximum atomic E-state index is 12.5. The summed E-state index contributed by atoms with van der Waals surface area (Å²) in [5, 5.41) is 0. The normalized spacial score (nSPS) is 13.4. The van der Waals surface area contributed by atoms with Crippen LogP contribution >= 0.6 is 0 Å². The van der Waals surface area contributed by atoms with Gasteiger partial charge in [0.25, 0.3) is 0 Å². The number of carbonyl (C=O) groups excluding carboxylic acids is 1. The molecule has 0 bridgehead atoms. The lowest BCUT2D eigenvalue weighted by Gasteiger charge is -2.06. The van der Waals surface area contributed by atoms with Crippen LogP contribution in [0.4, 0.5) is 0 Å². The molecule has 1 heterocycles. The number of hydrogen-bond acceptors (Lipinski definition) is 2. The highest BCUT2D eigenvalue weighted by Gasteiger charge is 2.15. The van der Waals surface area contributed by atoms with Gasteiger partial charge in [0.05, 0.1) is 13.2 Å². The maximum Gasteiger partial charge on any atom is 0.193 e. The van der Waals surface area contributed by atoms with Crippen molar-refractivity contribution in [3.8, 4) is 0 Å². The number of carbonyl (C=O) groups is 1. The van der Waals surface area contributed by atoms with Crippen LogP contribution in [0.15, 0.2) is 36.4 Å². The number of hydrogen-bond donors (Lipinski definition) is 0. The summed E-state index contributed by atoms with van der Waals surface area (Å²) in [6.45, 7) is 5.30. The fourth-order valence-electron chi connectivity index (χ4n) is 2.59. The van der Waals surface area contributed by atoms with Crippen molar-refractivity contribution in [2.45, 2.75) is 27.1 Å². The van der Waals surface area contributed by atoms with Gasteiger partial charge in [-0.1, -0.05) is 29.3 Å². The van der Waals surface area contributed by atoms with Gasteiger partial charge in [-0.2, -0.15) is 0 Å². The monoisotopic (exact) mass is 252 g/mol. The Morgan fingerprint density at radius 1 is 0.895 bits per heavy atom. The lowest BCUT2D eigenvalue weighted by atomic mass is 9.97. The highest BCUT2D eigenvalue weighted by atomic mass is 16.5. The zero-order chi connectivity index (χ0) is 13.4. The topological polar surface area (TPSA) is 26.3 Å². The standard InChI is InChI=1S/C17H16O2/c1-11-5-12(2)7-15(6-11)17(18)13-3-4-14-9-19-10-16(14)8-13/h3-8H,9-10H2,1-2H3. The molecule has 0 fully saturated rings. The number of fused-ring (bicyclic) bond motifs is 1. The van der Waals surface area contributed by atoms with Crippen LogP contribution in [0, 0.1) is 13.8 Å². The molecule has 0 saturated carbocycles. The van der Waals surface area contributed by atoms with Gasteiger partial charge in [-0.15, -0.1) is 0 Å². The molecule has 0 amide bonds. The van der Waals surface area contributed by atoms with Gasteiger partial charge in [0, 0.05) is 11.1 Å². The third-order valence-corrected chi connectivity index (χ3v) is 3.47. The summed E-state index contributed by atoms with van der Waals surface area (Å²) in [6, 6.07) is 11.8. The van der Waals surface area contributed by atoms with Crippen LogP contribution in [0.3, 0.4) is 0 Å². The van der Waals surface area contributed by atoms with Gasteiger partial charge >= 0.3 is 0 Å². The highest BCUT2D eigenvalue weighted by Crippen LogP contribution is 2.22. The molecular weight excluding hydrogens is 236 g/mol. The first-order valence-electron chi connectivity index (χ1n) is 6.46. The molecule has 96 valence electrons. The highest BCUT2D eigenvalue weighted by molar-refractivity contribution is 6.09. The smallest absolute Gasteiger partial charge is 0.193 e. The average Bonchev–Trinajstić information content (AvgIpc) is 2.83. The van der Waals surface area contributed by atoms with E-state index in [1.54, 1.807) is 0 Å².